The van der Waals surface area contributed by atoms with Crippen LogP contribution >= 0.6 is 11.6 Å². The van der Waals surface area contributed by atoms with Gasteiger partial charge in [-0.15, -0.1) is 11.6 Å². The molecule has 6 heteroatoms. The maximum Gasteiger partial charge on any atom is 0.411 e. The predicted molar refractivity (Wildman–Crippen MR) is 49.7 cm³/mol. The van der Waals surface area contributed by atoms with Gasteiger partial charge in [-0.2, -0.15) is 13.2 Å². The van der Waals surface area contributed by atoms with E-state index in [2.05, 4.69) is 10.1 Å². The van der Waals surface area contributed by atoms with Crippen molar-refractivity contribution in [2.75, 3.05) is 25.6 Å². The third kappa shape index (κ3) is 8.59. The van der Waals surface area contributed by atoms with Crippen LogP contribution in [0.15, 0.2) is 0 Å². The van der Waals surface area contributed by atoms with E-state index < -0.39 is 12.8 Å². The van der Waals surface area contributed by atoms with Gasteiger partial charge in [0.1, 0.15) is 6.61 Å². The van der Waals surface area contributed by atoms with Gasteiger partial charge in [0.15, 0.2) is 0 Å². The van der Waals surface area contributed by atoms with E-state index in [9.17, 15) is 13.2 Å². The highest BCUT2D eigenvalue weighted by Crippen LogP contribution is 2.13. The second kappa shape index (κ2) is 7.31. The van der Waals surface area contributed by atoms with E-state index in [1.807, 2.05) is 6.92 Å². The minimum atomic E-state index is -4.24. The summed E-state index contributed by atoms with van der Waals surface area (Å²) in [5.74, 6) is 0.454. The molecule has 0 saturated heterocycles. The fraction of sp³-hybridized carbons (Fsp3) is 1.00. The minimum absolute atomic E-state index is 0.0485. The van der Waals surface area contributed by atoms with E-state index in [0.29, 0.717) is 12.4 Å². The van der Waals surface area contributed by atoms with Crippen molar-refractivity contribution >= 4 is 11.6 Å². The Kier molecular flexibility index (Phi) is 7.31. The molecule has 0 aliphatic heterocycles. The largest absolute Gasteiger partial charge is 0.411 e. The molecule has 0 rings (SSSR count). The van der Waals surface area contributed by atoms with E-state index in [1.54, 1.807) is 0 Å². The topological polar surface area (TPSA) is 21.3 Å². The molecule has 14 heavy (non-hydrogen) atoms. The number of nitrogens with one attached hydrogen (secondary N) is 1. The molecule has 0 aromatic rings. The lowest BCUT2D eigenvalue weighted by molar-refractivity contribution is -0.173. The number of rotatable bonds is 7. The predicted octanol–water partition coefficient (Wildman–Crippen LogP) is 2.17. The van der Waals surface area contributed by atoms with Crippen molar-refractivity contribution in [1.29, 1.82) is 0 Å². The number of halogens is 4. The molecule has 0 aliphatic carbocycles. The highest BCUT2D eigenvalue weighted by Gasteiger charge is 2.27. The zero-order valence-corrected chi connectivity index (χ0v) is 8.79. The van der Waals surface area contributed by atoms with Gasteiger partial charge in [0.05, 0.1) is 6.61 Å². The van der Waals surface area contributed by atoms with Crippen LogP contribution in [0.3, 0.4) is 0 Å². The Hall–Kier alpha value is -0.0000000000000000555. The van der Waals surface area contributed by atoms with Crippen LogP contribution < -0.4 is 5.32 Å². The molecule has 0 amide bonds. The first kappa shape index (κ1) is 14.0. The van der Waals surface area contributed by atoms with Gasteiger partial charge in [-0.1, -0.05) is 6.92 Å². The van der Waals surface area contributed by atoms with Gasteiger partial charge in [-0.25, -0.2) is 0 Å². The normalized spacial score (nSPS) is 14.4. The lowest BCUT2D eigenvalue weighted by atomic mass is 10.2. The third-order valence-electron chi connectivity index (χ3n) is 1.62. The molecule has 0 spiro atoms. The molecule has 0 aromatic heterocycles. The molecule has 1 atom stereocenters. The van der Waals surface area contributed by atoms with Crippen LogP contribution in [-0.2, 0) is 4.74 Å². The first-order valence-corrected chi connectivity index (χ1v) is 4.97. The van der Waals surface area contributed by atoms with Crippen LogP contribution in [0.4, 0.5) is 13.2 Å². The Morgan fingerprint density at radius 2 is 2.07 bits per heavy atom. The van der Waals surface area contributed by atoms with Crippen molar-refractivity contribution in [2.45, 2.75) is 25.6 Å². The molecular weight excluding hydrogens is 219 g/mol. The number of ether oxygens (including phenoxy) is 1. The molecule has 0 aromatic carbocycles. The summed E-state index contributed by atoms with van der Waals surface area (Å²) >= 11 is 5.57. The van der Waals surface area contributed by atoms with Crippen LogP contribution in [0.1, 0.15) is 13.3 Å². The van der Waals surface area contributed by atoms with Crippen molar-refractivity contribution in [3.63, 3.8) is 0 Å². The second-order valence-corrected chi connectivity index (χ2v) is 3.19. The number of hydrogen-bond acceptors (Lipinski definition) is 2. The average Bonchev–Trinajstić information content (AvgIpc) is 2.09. The third-order valence-corrected chi connectivity index (χ3v) is 2.00. The van der Waals surface area contributed by atoms with Crippen molar-refractivity contribution in [1.82, 2.24) is 5.32 Å². The quantitative estimate of drug-likeness (QED) is 0.538. The molecule has 0 saturated carbocycles. The SMILES string of the molecule is CCC(CCl)NCCOCC(F)(F)F. The molecule has 1 N–H and O–H groups in total. The van der Waals surface area contributed by atoms with Gasteiger partial charge >= 0.3 is 6.18 Å². The van der Waals surface area contributed by atoms with Crippen LogP contribution in [0.25, 0.3) is 0 Å². The Bertz CT molecular complexity index is 139. The van der Waals surface area contributed by atoms with E-state index >= 15 is 0 Å². The smallest absolute Gasteiger partial charge is 0.371 e. The summed E-state index contributed by atoms with van der Waals surface area (Å²) in [4.78, 5) is 0. The van der Waals surface area contributed by atoms with Gasteiger partial charge in [-0.3, -0.25) is 0 Å². The Balaban J connectivity index is 3.29. The monoisotopic (exact) mass is 233 g/mol. The molecule has 0 aliphatic rings. The molecule has 0 radical (unpaired) electrons. The van der Waals surface area contributed by atoms with Crippen LogP contribution in [-0.4, -0.2) is 37.9 Å². The van der Waals surface area contributed by atoms with Gasteiger partial charge in [-0.05, 0) is 6.42 Å². The molecule has 1 unspecified atom stereocenters. The summed E-state index contributed by atoms with van der Waals surface area (Å²) in [5, 5.41) is 2.98. The first-order valence-electron chi connectivity index (χ1n) is 4.43. The molecule has 0 fully saturated rings. The van der Waals surface area contributed by atoms with E-state index in [1.165, 1.54) is 0 Å². The minimum Gasteiger partial charge on any atom is -0.371 e. The fourth-order valence-electron chi connectivity index (χ4n) is 0.831. The summed E-state index contributed by atoms with van der Waals surface area (Å²) < 4.78 is 39.2. The van der Waals surface area contributed by atoms with Crippen LogP contribution in [0, 0.1) is 0 Å². The van der Waals surface area contributed by atoms with Gasteiger partial charge in [0, 0.05) is 18.5 Å². The van der Waals surface area contributed by atoms with Crippen LogP contribution in [0.5, 0.6) is 0 Å². The first-order chi connectivity index (χ1) is 6.49. The van der Waals surface area contributed by atoms with Crippen molar-refractivity contribution in [3.05, 3.63) is 0 Å². The summed E-state index contributed by atoms with van der Waals surface area (Å²) in [5.41, 5.74) is 0. The lowest BCUT2D eigenvalue weighted by Crippen LogP contribution is -2.33. The highest BCUT2D eigenvalue weighted by molar-refractivity contribution is 6.18. The van der Waals surface area contributed by atoms with Gasteiger partial charge in [0.2, 0.25) is 0 Å². The summed E-state index contributed by atoms with van der Waals surface area (Å²) in [6, 6.07) is 0.145. The molecule has 86 valence electrons. The van der Waals surface area contributed by atoms with E-state index in [0.717, 1.165) is 6.42 Å². The average molecular weight is 234 g/mol. The lowest BCUT2D eigenvalue weighted by Gasteiger charge is -2.13. The number of alkyl halides is 4. The Labute approximate surface area is 86.8 Å². The standard InChI is InChI=1S/C8H15ClF3NO/c1-2-7(5-9)13-3-4-14-6-8(10,11)12/h7,13H,2-6H2,1H3. The molecule has 0 heterocycles. The zero-order chi connectivity index (χ0) is 11.0. The van der Waals surface area contributed by atoms with Crippen molar-refractivity contribution < 1.29 is 17.9 Å². The van der Waals surface area contributed by atoms with Gasteiger partial charge in [0.25, 0.3) is 0 Å². The summed E-state index contributed by atoms with van der Waals surface area (Å²) in [6.45, 7) is 1.21. The van der Waals surface area contributed by atoms with Gasteiger partial charge < -0.3 is 10.1 Å². The molecule has 0 bridgehead atoms. The molecular formula is C8H15ClF3NO. The van der Waals surface area contributed by atoms with Crippen molar-refractivity contribution in [3.8, 4) is 0 Å². The maximum atomic E-state index is 11.6. The number of hydrogen-bond donors (Lipinski definition) is 1. The Morgan fingerprint density at radius 1 is 1.43 bits per heavy atom. The van der Waals surface area contributed by atoms with E-state index in [-0.39, 0.29) is 12.6 Å². The Morgan fingerprint density at radius 3 is 2.50 bits per heavy atom. The van der Waals surface area contributed by atoms with Crippen LogP contribution in [0.2, 0.25) is 0 Å². The summed E-state index contributed by atoms with van der Waals surface area (Å²) in [6.07, 6.45) is -3.39. The van der Waals surface area contributed by atoms with Crippen molar-refractivity contribution in [2.24, 2.45) is 0 Å². The molecule has 2 nitrogen and oxygen atoms in total. The second-order valence-electron chi connectivity index (χ2n) is 2.88. The highest BCUT2D eigenvalue weighted by atomic mass is 35.5. The van der Waals surface area contributed by atoms with E-state index in [4.69, 9.17) is 11.6 Å². The maximum absolute atomic E-state index is 11.6. The zero-order valence-electron chi connectivity index (χ0n) is 8.03. The fourth-order valence-corrected chi connectivity index (χ4v) is 1.16. The summed E-state index contributed by atoms with van der Waals surface area (Å²) in [7, 11) is 0.